The standard InChI is InChI=1S/C21H18N2OS2/c1-24-16-9-5-15(6-10-16)20-19(14-7-11-17(25-2)12-8-14)23-21(26-20)18-4-3-13-22-18/h3-13,22H,1-2H3. The summed E-state index contributed by atoms with van der Waals surface area (Å²) in [6.45, 7) is 0. The van der Waals surface area contributed by atoms with Gasteiger partial charge in [-0.1, -0.05) is 12.1 Å². The minimum Gasteiger partial charge on any atom is -0.497 e. The number of aromatic nitrogens is 2. The van der Waals surface area contributed by atoms with Crippen molar-refractivity contribution >= 4 is 23.1 Å². The second kappa shape index (κ2) is 7.40. The first-order valence-corrected chi connectivity index (χ1v) is 10.3. The van der Waals surface area contributed by atoms with Gasteiger partial charge in [-0.15, -0.1) is 23.1 Å². The summed E-state index contributed by atoms with van der Waals surface area (Å²) in [4.78, 5) is 10.6. The number of methoxy groups -OCH3 is 1. The number of benzene rings is 2. The molecule has 26 heavy (non-hydrogen) atoms. The molecule has 130 valence electrons. The minimum atomic E-state index is 0.855. The summed E-state index contributed by atoms with van der Waals surface area (Å²) in [5, 5.41) is 0.991. The van der Waals surface area contributed by atoms with E-state index in [1.807, 2.05) is 24.4 Å². The Morgan fingerprint density at radius 2 is 1.69 bits per heavy atom. The lowest BCUT2D eigenvalue weighted by Crippen LogP contribution is -1.85. The lowest BCUT2D eigenvalue weighted by molar-refractivity contribution is 0.415. The molecule has 0 aliphatic rings. The van der Waals surface area contributed by atoms with Crippen LogP contribution >= 0.6 is 23.1 Å². The van der Waals surface area contributed by atoms with Gasteiger partial charge in [-0.05, 0) is 60.4 Å². The van der Waals surface area contributed by atoms with Crippen LogP contribution in [0.25, 0.3) is 32.4 Å². The number of hydrogen-bond donors (Lipinski definition) is 1. The minimum absolute atomic E-state index is 0.855. The van der Waals surface area contributed by atoms with Crippen LogP contribution in [-0.4, -0.2) is 23.3 Å². The van der Waals surface area contributed by atoms with Crippen LogP contribution < -0.4 is 4.74 Å². The summed E-state index contributed by atoms with van der Waals surface area (Å²) in [6.07, 6.45) is 4.01. The molecule has 0 aliphatic carbocycles. The molecule has 0 saturated heterocycles. The SMILES string of the molecule is COc1ccc(-c2sc(-c3ccc[nH]3)nc2-c2ccc(SC)cc2)cc1. The summed E-state index contributed by atoms with van der Waals surface area (Å²) >= 11 is 3.44. The van der Waals surface area contributed by atoms with E-state index >= 15 is 0 Å². The smallest absolute Gasteiger partial charge is 0.140 e. The van der Waals surface area contributed by atoms with Gasteiger partial charge in [0.1, 0.15) is 10.8 Å². The number of thioether (sulfide) groups is 1. The zero-order valence-corrected chi connectivity index (χ0v) is 16.2. The molecule has 0 aliphatic heterocycles. The molecule has 0 saturated carbocycles. The number of H-pyrrole nitrogens is 1. The van der Waals surface area contributed by atoms with Gasteiger partial charge in [0, 0.05) is 16.7 Å². The van der Waals surface area contributed by atoms with Gasteiger partial charge in [-0.3, -0.25) is 0 Å². The van der Waals surface area contributed by atoms with Gasteiger partial charge in [0.15, 0.2) is 0 Å². The monoisotopic (exact) mass is 378 g/mol. The quantitative estimate of drug-likeness (QED) is 0.420. The van der Waals surface area contributed by atoms with Crippen LogP contribution in [-0.2, 0) is 0 Å². The largest absolute Gasteiger partial charge is 0.497 e. The fourth-order valence-corrected chi connectivity index (χ4v) is 4.27. The van der Waals surface area contributed by atoms with Crippen molar-refractivity contribution < 1.29 is 4.74 Å². The van der Waals surface area contributed by atoms with Crippen molar-refractivity contribution in [1.29, 1.82) is 0 Å². The third-order valence-corrected chi connectivity index (χ3v) is 6.05. The molecular formula is C21H18N2OS2. The van der Waals surface area contributed by atoms with Crippen molar-refractivity contribution in [2.75, 3.05) is 13.4 Å². The van der Waals surface area contributed by atoms with E-state index in [2.05, 4.69) is 53.7 Å². The topological polar surface area (TPSA) is 37.9 Å². The highest BCUT2D eigenvalue weighted by Crippen LogP contribution is 2.40. The van der Waals surface area contributed by atoms with Crippen LogP contribution in [0.3, 0.4) is 0 Å². The van der Waals surface area contributed by atoms with Crippen molar-refractivity contribution in [3.05, 3.63) is 66.9 Å². The average Bonchev–Trinajstić information content (AvgIpc) is 3.38. The van der Waals surface area contributed by atoms with E-state index in [0.717, 1.165) is 38.1 Å². The molecule has 0 amide bonds. The van der Waals surface area contributed by atoms with Crippen LogP contribution in [0.5, 0.6) is 5.75 Å². The number of thiazole rings is 1. The van der Waals surface area contributed by atoms with Gasteiger partial charge in [-0.25, -0.2) is 4.98 Å². The van der Waals surface area contributed by atoms with E-state index in [-0.39, 0.29) is 0 Å². The molecule has 2 heterocycles. The fraction of sp³-hybridized carbons (Fsp3) is 0.0952. The lowest BCUT2D eigenvalue weighted by atomic mass is 10.1. The van der Waals surface area contributed by atoms with Gasteiger partial charge in [0.2, 0.25) is 0 Å². The Kier molecular flexibility index (Phi) is 4.82. The summed E-state index contributed by atoms with van der Waals surface area (Å²) in [5.41, 5.74) is 4.32. The molecule has 4 rings (SSSR count). The summed E-state index contributed by atoms with van der Waals surface area (Å²) < 4.78 is 5.29. The first kappa shape index (κ1) is 16.9. The molecule has 2 aromatic carbocycles. The Hall–Kier alpha value is -2.50. The van der Waals surface area contributed by atoms with Crippen molar-refractivity contribution in [2.45, 2.75) is 4.90 Å². The molecule has 0 atom stereocenters. The molecule has 0 unspecified atom stereocenters. The Bertz CT molecular complexity index is 923. The molecule has 0 bridgehead atoms. The van der Waals surface area contributed by atoms with Gasteiger partial charge >= 0.3 is 0 Å². The second-order valence-corrected chi connectivity index (χ2v) is 7.62. The maximum Gasteiger partial charge on any atom is 0.140 e. The predicted octanol–water partition coefficient (Wildman–Crippen LogP) is 6.20. The van der Waals surface area contributed by atoms with Crippen molar-refractivity contribution in [2.24, 2.45) is 0 Å². The number of nitrogens with zero attached hydrogens (tertiary/aromatic N) is 1. The highest BCUT2D eigenvalue weighted by molar-refractivity contribution is 7.98. The first-order valence-electron chi connectivity index (χ1n) is 8.22. The van der Waals surface area contributed by atoms with Gasteiger partial charge in [0.05, 0.1) is 23.4 Å². The molecule has 3 nitrogen and oxygen atoms in total. The number of aromatic amines is 1. The maximum atomic E-state index is 5.29. The first-order chi connectivity index (χ1) is 12.8. The fourth-order valence-electron chi connectivity index (χ4n) is 2.78. The molecule has 0 radical (unpaired) electrons. The van der Waals surface area contributed by atoms with E-state index in [9.17, 15) is 0 Å². The number of hydrogen-bond acceptors (Lipinski definition) is 4. The van der Waals surface area contributed by atoms with E-state index in [0.29, 0.717) is 0 Å². The van der Waals surface area contributed by atoms with Crippen LogP contribution in [0.1, 0.15) is 0 Å². The van der Waals surface area contributed by atoms with Gasteiger partial charge < -0.3 is 9.72 Å². The number of ether oxygens (including phenoxy) is 1. The third kappa shape index (κ3) is 3.28. The maximum absolute atomic E-state index is 5.29. The van der Waals surface area contributed by atoms with Crippen LogP contribution in [0, 0.1) is 0 Å². The van der Waals surface area contributed by atoms with Crippen LogP contribution in [0.4, 0.5) is 0 Å². The van der Waals surface area contributed by atoms with Crippen LogP contribution in [0.15, 0.2) is 71.8 Å². The molecule has 2 aromatic heterocycles. The molecule has 1 N–H and O–H groups in total. The summed E-state index contributed by atoms with van der Waals surface area (Å²) in [7, 11) is 1.68. The molecule has 0 spiro atoms. The Labute approximate surface area is 161 Å². The Balaban J connectivity index is 1.84. The average molecular weight is 379 g/mol. The molecular weight excluding hydrogens is 360 g/mol. The highest BCUT2D eigenvalue weighted by atomic mass is 32.2. The lowest BCUT2D eigenvalue weighted by Gasteiger charge is -2.05. The molecule has 0 fully saturated rings. The second-order valence-electron chi connectivity index (χ2n) is 5.74. The normalized spacial score (nSPS) is 10.8. The Morgan fingerprint density at radius 3 is 2.31 bits per heavy atom. The number of rotatable bonds is 5. The van der Waals surface area contributed by atoms with Crippen molar-refractivity contribution in [3.63, 3.8) is 0 Å². The van der Waals surface area contributed by atoms with E-state index in [4.69, 9.17) is 9.72 Å². The third-order valence-electron chi connectivity index (χ3n) is 4.17. The van der Waals surface area contributed by atoms with E-state index in [1.54, 1.807) is 30.2 Å². The van der Waals surface area contributed by atoms with Gasteiger partial charge in [-0.2, -0.15) is 0 Å². The molecule has 4 aromatic rings. The van der Waals surface area contributed by atoms with Crippen molar-refractivity contribution in [1.82, 2.24) is 9.97 Å². The zero-order chi connectivity index (χ0) is 17.9. The predicted molar refractivity (Wildman–Crippen MR) is 111 cm³/mol. The van der Waals surface area contributed by atoms with E-state index < -0.39 is 0 Å². The van der Waals surface area contributed by atoms with Crippen molar-refractivity contribution in [3.8, 4) is 38.1 Å². The Morgan fingerprint density at radius 1 is 0.962 bits per heavy atom. The highest BCUT2D eigenvalue weighted by Gasteiger charge is 2.16. The zero-order valence-electron chi connectivity index (χ0n) is 14.5. The van der Waals surface area contributed by atoms with Crippen LogP contribution in [0.2, 0.25) is 0 Å². The summed E-state index contributed by atoms with van der Waals surface area (Å²) in [5.74, 6) is 0.855. The van der Waals surface area contributed by atoms with E-state index in [1.165, 1.54) is 4.90 Å². The van der Waals surface area contributed by atoms with Gasteiger partial charge in [0.25, 0.3) is 0 Å². The molecule has 5 heteroatoms. The summed E-state index contributed by atoms with van der Waals surface area (Å²) in [6, 6.07) is 20.8. The number of nitrogens with one attached hydrogen (secondary N) is 1.